The van der Waals surface area contributed by atoms with Crippen LogP contribution in [0.15, 0.2) is 24.3 Å². The van der Waals surface area contributed by atoms with Crippen molar-refractivity contribution < 1.29 is 0 Å². The van der Waals surface area contributed by atoms with Gasteiger partial charge in [0.2, 0.25) is 0 Å². The van der Waals surface area contributed by atoms with Crippen molar-refractivity contribution >= 4 is 11.6 Å². The van der Waals surface area contributed by atoms with Crippen LogP contribution in [0.2, 0.25) is 5.02 Å². The van der Waals surface area contributed by atoms with Crippen molar-refractivity contribution in [2.45, 2.75) is 37.6 Å². The third-order valence-electron chi connectivity index (χ3n) is 3.03. The molecule has 0 aromatic heterocycles. The van der Waals surface area contributed by atoms with Crippen LogP contribution in [0.5, 0.6) is 0 Å². The normalized spacial score (nSPS) is 27.6. The molecule has 1 aromatic rings. The topological polar surface area (TPSA) is 26.0 Å². The van der Waals surface area contributed by atoms with Gasteiger partial charge in [0.05, 0.1) is 0 Å². The molecule has 1 aliphatic rings. The van der Waals surface area contributed by atoms with Crippen LogP contribution in [0.1, 0.15) is 37.2 Å². The van der Waals surface area contributed by atoms with E-state index < -0.39 is 0 Å². The molecule has 1 aromatic carbocycles. The summed E-state index contributed by atoms with van der Waals surface area (Å²) in [7, 11) is 0. The number of hydrogen-bond donors (Lipinski definition) is 1. The summed E-state index contributed by atoms with van der Waals surface area (Å²) in [6.07, 6.45) is 4.80. The number of halogens is 1. The molecule has 2 rings (SSSR count). The number of hydrogen-bond acceptors (Lipinski definition) is 1. The van der Waals surface area contributed by atoms with Gasteiger partial charge in [0.25, 0.3) is 0 Å². The Balaban J connectivity index is 2.14. The Morgan fingerprint density at radius 1 is 1.29 bits per heavy atom. The minimum absolute atomic E-state index is 0.382. The van der Waals surface area contributed by atoms with Gasteiger partial charge in [0, 0.05) is 11.1 Å². The van der Waals surface area contributed by atoms with Crippen molar-refractivity contribution in [1.82, 2.24) is 0 Å². The average molecular weight is 210 g/mol. The van der Waals surface area contributed by atoms with Crippen LogP contribution in [0.25, 0.3) is 0 Å². The van der Waals surface area contributed by atoms with Crippen molar-refractivity contribution in [1.29, 1.82) is 0 Å². The fraction of sp³-hybridized carbons (Fsp3) is 0.500. The maximum Gasteiger partial charge on any atom is 0.0408 e. The molecule has 0 radical (unpaired) electrons. The summed E-state index contributed by atoms with van der Waals surface area (Å²) in [6, 6.07) is 8.57. The fourth-order valence-electron chi connectivity index (χ4n) is 2.29. The molecule has 1 aliphatic carbocycles. The molecule has 2 heteroatoms. The maximum absolute atomic E-state index is 5.97. The van der Waals surface area contributed by atoms with Gasteiger partial charge in [0.15, 0.2) is 0 Å². The summed E-state index contributed by atoms with van der Waals surface area (Å²) in [5.74, 6) is 0.623. The minimum Gasteiger partial charge on any atom is -0.328 e. The molecular formula is C12H16ClN. The van der Waals surface area contributed by atoms with Crippen LogP contribution in [-0.4, -0.2) is 6.04 Å². The van der Waals surface area contributed by atoms with Gasteiger partial charge in [-0.2, -0.15) is 0 Å². The van der Waals surface area contributed by atoms with E-state index in [4.69, 9.17) is 17.3 Å². The Bertz CT molecular complexity index is 311. The Morgan fingerprint density at radius 2 is 2.14 bits per heavy atom. The summed E-state index contributed by atoms with van der Waals surface area (Å²) < 4.78 is 0. The molecule has 0 unspecified atom stereocenters. The molecule has 2 N–H and O–H groups in total. The Morgan fingerprint density at radius 3 is 2.86 bits per heavy atom. The van der Waals surface area contributed by atoms with Gasteiger partial charge in [-0.25, -0.2) is 0 Å². The third-order valence-corrected chi connectivity index (χ3v) is 3.27. The monoisotopic (exact) mass is 209 g/mol. The van der Waals surface area contributed by atoms with Crippen molar-refractivity contribution in [3.05, 3.63) is 34.9 Å². The maximum atomic E-state index is 5.97. The number of rotatable bonds is 1. The molecule has 0 heterocycles. The summed E-state index contributed by atoms with van der Waals surface area (Å²) >= 11 is 5.97. The zero-order valence-corrected chi connectivity index (χ0v) is 9.00. The van der Waals surface area contributed by atoms with Gasteiger partial charge in [-0.1, -0.05) is 30.2 Å². The Labute approximate surface area is 90.3 Å². The first-order chi connectivity index (χ1) is 6.75. The molecular weight excluding hydrogens is 194 g/mol. The van der Waals surface area contributed by atoms with Gasteiger partial charge in [0.1, 0.15) is 0 Å². The molecule has 0 amide bonds. The molecule has 1 fully saturated rings. The molecule has 0 bridgehead atoms. The van der Waals surface area contributed by atoms with E-state index in [1.165, 1.54) is 24.8 Å². The number of benzene rings is 1. The van der Waals surface area contributed by atoms with Crippen LogP contribution < -0.4 is 5.73 Å². The van der Waals surface area contributed by atoms with Crippen LogP contribution in [0, 0.1) is 0 Å². The highest BCUT2D eigenvalue weighted by Gasteiger charge is 2.20. The largest absolute Gasteiger partial charge is 0.328 e. The van der Waals surface area contributed by atoms with E-state index in [0.29, 0.717) is 12.0 Å². The molecule has 14 heavy (non-hydrogen) atoms. The average Bonchev–Trinajstić information content (AvgIpc) is 2.18. The van der Waals surface area contributed by atoms with E-state index >= 15 is 0 Å². The summed E-state index contributed by atoms with van der Waals surface area (Å²) in [4.78, 5) is 0. The van der Waals surface area contributed by atoms with Gasteiger partial charge >= 0.3 is 0 Å². The first-order valence-corrected chi connectivity index (χ1v) is 5.64. The molecule has 0 aliphatic heterocycles. The second-order valence-corrected chi connectivity index (χ2v) is 4.62. The summed E-state index contributed by atoms with van der Waals surface area (Å²) in [5.41, 5.74) is 7.32. The van der Waals surface area contributed by atoms with Crippen LogP contribution in [0.4, 0.5) is 0 Å². The lowest BCUT2D eigenvalue weighted by molar-refractivity contribution is 0.393. The molecule has 0 saturated heterocycles. The lowest BCUT2D eigenvalue weighted by Gasteiger charge is -2.26. The molecule has 1 saturated carbocycles. The van der Waals surface area contributed by atoms with Crippen LogP contribution >= 0.6 is 11.6 Å². The predicted molar refractivity (Wildman–Crippen MR) is 60.6 cm³/mol. The van der Waals surface area contributed by atoms with Crippen molar-refractivity contribution in [3.8, 4) is 0 Å². The molecule has 0 spiro atoms. The van der Waals surface area contributed by atoms with E-state index in [-0.39, 0.29) is 0 Å². The highest BCUT2D eigenvalue weighted by atomic mass is 35.5. The van der Waals surface area contributed by atoms with Crippen molar-refractivity contribution in [3.63, 3.8) is 0 Å². The Hall–Kier alpha value is -0.530. The Kier molecular flexibility index (Phi) is 3.09. The van der Waals surface area contributed by atoms with E-state index in [9.17, 15) is 0 Å². The third kappa shape index (κ3) is 2.28. The lowest BCUT2D eigenvalue weighted by atomic mass is 9.82. The summed E-state index contributed by atoms with van der Waals surface area (Å²) in [5, 5.41) is 0.835. The highest BCUT2D eigenvalue weighted by molar-refractivity contribution is 6.30. The van der Waals surface area contributed by atoms with E-state index in [2.05, 4.69) is 12.1 Å². The van der Waals surface area contributed by atoms with E-state index in [1.807, 2.05) is 12.1 Å². The molecule has 1 nitrogen and oxygen atoms in total. The fourth-order valence-corrected chi connectivity index (χ4v) is 2.49. The van der Waals surface area contributed by atoms with Gasteiger partial charge in [-0.3, -0.25) is 0 Å². The standard InChI is InChI=1S/C12H16ClN/c13-11-5-1-3-9(7-11)10-4-2-6-12(14)8-10/h1,3,5,7,10,12H,2,4,6,8,14H2/t10-,12+/m1/s1. The van der Waals surface area contributed by atoms with Gasteiger partial charge < -0.3 is 5.73 Å². The van der Waals surface area contributed by atoms with Crippen molar-refractivity contribution in [2.24, 2.45) is 5.73 Å². The second-order valence-electron chi connectivity index (χ2n) is 4.18. The zero-order valence-electron chi connectivity index (χ0n) is 8.25. The van der Waals surface area contributed by atoms with Crippen LogP contribution in [0.3, 0.4) is 0 Å². The second kappa shape index (κ2) is 4.33. The summed E-state index contributed by atoms with van der Waals surface area (Å²) in [6.45, 7) is 0. The predicted octanol–water partition coefficient (Wildman–Crippen LogP) is 3.32. The van der Waals surface area contributed by atoms with Gasteiger partial charge in [-0.15, -0.1) is 0 Å². The first kappa shape index (κ1) is 10.0. The number of nitrogens with two attached hydrogens (primary N) is 1. The molecule has 76 valence electrons. The highest BCUT2D eigenvalue weighted by Crippen LogP contribution is 2.32. The van der Waals surface area contributed by atoms with Crippen molar-refractivity contribution in [2.75, 3.05) is 0 Å². The van der Waals surface area contributed by atoms with E-state index in [1.54, 1.807) is 0 Å². The van der Waals surface area contributed by atoms with Gasteiger partial charge in [-0.05, 0) is 42.9 Å². The first-order valence-electron chi connectivity index (χ1n) is 5.27. The quantitative estimate of drug-likeness (QED) is 0.755. The van der Waals surface area contributed by atoms with Crippen LogP contribution in [-0.2, 0) is 0 Å². The lowest BCUT2D eigenvalue weighted by Crippen LogP contribution is -2.26. The smallest absolute Gasteiger partial charge is 0.0408 e. The SMILES string of the molecule is N[C@H]1CCC[C@@H](c2cccc(Cl)c2)C1. The van der Waals surface area contributed by atoms with E-state index in [0.717, 1.165) is 11.4 Å². The zero-order chi connectivity index (χ0) is 9.97. The molecule has 2 atom stereocenters. The minimum atomic E-state index is 0.382.